The van der Waals surface area contributed by atoms with Crippen LogP contribution in [0.25, 0.3) is 10.8 Å². The molecule has 0 radical (unpaired) electrons. The van der Waals surface area contributed by atoms with Gasteiger partial charge in [-0.05, 0) is 12.3 Å². The van der Waals surface area contributed by atoms with Crippen molar-refractivity contribution in [1.82, 2.24) is 0 Å². The van der Waals surface area contributed by atoms with Gasteiger partial charge < -0.3 is 0 Å². The molecule has 0 unspecified atom stereocenters. The molecule has 2 aromatic rings. The summed E-state index contributed by atoms with van der Waals surface area (Å²) in [5.41, 5.74) is 1.47. The van der Waals surface area contributed by atoms with Gasteiger partial charge in [0.2, 0.25) is 0 Å². The minimum absolute atomic E-state index is 0. The Kier molecular flexibility index (Phi) is 4.19. The first-order chi connectivity index (χ1) is 6.25. The molecule has 0 aliphatic heterocycles. The molecule has 14 heavy (non-hydrogen) atoms. The zero-order valence-corrected chi connectivity index (χ0v) is 11.2. The molecule has 2 rings (SSSR count). The molecule has 0 nitrogen and oxygen atoms in total. The summed E-state index contributed by atoms with van der Waals surface area (Å²) in [4.78, 5) is 0. The molecule has 0 N–H and O–H groups in total. The van der Waals surface area contributed by atoms with Crippen LogP contribution < -0.4 is 0 Å². The van der Waals surface area contributed by atoms with Gasteiger partial charge in [-0.25, -0.2) is 0 Å². The molecule has 0 aliphatic carbocycles. The number of fused-ring (bicyclic) bond motifs is 1. The second-order valence-electron chi connectivity index (χ2n) is 4.09. The van der Waals surface area contributed by atoms with Gasteiger partial charge in [-0.1, -0.05) is 19.9 Å². The second kappa shape index (κ2) is 4.98. The van der Waals surface area contributed by atoms with Crippen LogP contribution in [0.15, 0.2) is 36.4 Å². The van der Waals surface area contributed by atoms with Crippen LogP contribution in [0, 0.1) is 5.92 Å². The first-order valence-corrected chi connectivity index (χ1v) is 4.90. The van der Waals surface area contributed by atoms with E-state index < -0.39 is 0 Å². The fourth-order valence-corrected chi connectivity index (χ4v) is 1.80. The van der Waals surface area contributed by atoms with Gasteiger partial charge in [0.1, 0.15) is 0 Å². The summed E-state index contributed by atoms with van der Waals surface area (Å²) >= 11 is 0. The Labute approximate surface area is 105 Å². The number of rotatable bonds is 2. The molecule has 0 saturated heterocycles. The van der Waals surface area contributed by atoms with Gasteiger partial charge in [0.25, 0.3) is 0 Å². The topological polar surface area (TPSA) is 0 Å². The monoisotopic (exact) mass is 261 g/mol. The van der Waals surface area contributed by atoms with Crippen LogP contribution in [0.2, 0.25) is 0 Å². The molecular formula is C13H15Zr-. The Morgan fingerprint density at radius 2 is 1.93 bits per heavy atom. The summed E-state index contributed by atoms with van der Waals surface area (Å²) in [6, 6.07) is 13.2. The summed E-state index contributed by atoms with van der Waals surface area (Å²) in [7, 11) is 0. The molecule has 0 heterocycles. The van der Waals surface area contributed by atoms with Gasteiger partial charge in [-0.15, -0.1) is 40.6 Å². The van der Waals surface area contributed by atoms with Crippen LogP contribution in [0.3, 0.4) is 0 Å². The van der Waals surface area contributed by atoms with Crippen LogP contribution in [-0.2, 0) is 32.6 Å². The fourth-order valence-electron chi connectivity index (χ4n) is 1.80. The summed E-state index contributed by atoms with van der Waals surface area (Å²) in [5, 5.41) is 2.75. The van der Waals surface area contributed by atoms with Crippen molar-refractivity contribution in [1.29, 1.82) is 0 Å². The van der Waals surface area contributed by atoms with E-state index in [9.17, 15) is 0 Å². The number of hydrogen-bond donors (Lipinski definition) is 0. The van der Waals surface area contributed by atoms with Gasteiger partial charge in [0.15, 0.2) is 0 Å². The molecule has 0 fully saturated rings. The first kappa shape index (κ1) is 11.8. The number of hydrogen-bond acceptors (Lipinski definition) is 0. The van der Waals surface area contributed by atoms with E-state index in [2.05, 4.69) is 50.2 Å². The molecule has 0 atom stereocenters. The third-order valence-electron chi connectivity index (χ3n) is 2.32. The SMILES string of the molecule is CC(C)Cc1cc2ccccc2[cH-]1.[Zr]. The molecule has 0 bridgehead atoms. The van der Waals surface area contributed by atoms with E-state index in [1.54, 1.807) is 0 Å². The predicted octanol–water partition coefficient (Wildman–Crippen LogP) is 3.75. The third-order valence-corrected chi connectivity index (χ3v) is 2.32. The fraction of sp³-hybridized carbons (Fsp3) is 0.308. The third kappa shape index (κ3) is 2.61. The van der Waals surface area contributed by atoms with Crippen molar-refractivity contribution in [2.24, 2.45) is 5.92 Å². The Balaban J connectivity index is 0.000000980. The Morgan fingerprint density at radius 3 is 2.57 bits per heavy atom. The molecule has 0 aliphatic rings. The molecular weight excluding hydrogens is 247 g/mol. The summed E-state index contributed by atoms with van der Waals surface area (Å²) < 4.78 is 0. The molecule has 0 spiro atoms. The molecule has 72 valence electrons. The smallest absolute Gasteiger partial charge is 0 e. The summed E-state index contributed by atoms with van der Waals surface area (Å²) in [6.07, 6.45) is 1.19. The standard InChI is InChI=1S/C13H15.Zr/c1-10(2)7-11-8-12-5-3-4-6-13(12)9-11;/h3-6,8-10H,7H2,1-2H3;/q-1;. The molecule has 2 aromatic carbocycles. The summed E-state index contributed by atoms with van der Waals surface area (Å²) in [6.45, 7) is 4.52. The van der Waals surface area contributed by atoms with Crippen molar-refractivity contribution in [3.05, 3.63) is 42.0 Å². The maximum absolute atomic E-state index is 2.30. The van der Waals surface area contributed by atoms with Gasteiger partial charge in [0.05, 0.1) is 0 Å². The predicted molar refractivity (Wildman–Crippen MR) is 58.1 cm³/mol. The Bertz CT molecular complexity index is 365. The largest absolute Gasteiger partial charge is 0.165 e. The van der Waals surface area contributed by atoms with Gasteiger partial charge in [-0.2, -0.15) is 6.07 Å². The van der Waals surface area contributed by atoms with E-state index in [1.165, 1.54) is 22.8 Å². The van der Waals surface area contributed by atoms with Crippen molar-refractivity contribution < 1.29 is 26.2 Å². The van der Waals surface area contributed by atoms with Crippen molar-refractivity contribution in [2.75, 3.05) is 0 Å². The average molecular weight is 262 g/mol. The summed E-state index contributed by atoms with van der Waals surface area (Å²) in [5.74, 6) is 0.747. The van der Waals surface area contributed by atoms with Crippen molar-refractivity contribution >= 4 is 10.8 Å². The van der Waals surface area contributed by atoms with Crippen LogP contribution in [0.5, 0.6) is 0 Å². The van der Waals surface area contributed by atoms with E-state index in [4.69, 9.17) is 0 Å². The Morgan fingerprint density at radius 1 is 1.21 bits per heavy atom. The van der Waals surface area contributed by atoms with Crippen LogP contribution in [0.4, 0.5) is 0 Å². The van der Waals surface area contributed by atoms with Crippen LogP contribution >= 0.6 is 0 Å². The quantitative estimate of drug-likeness (QED) is 0.723. The van der Waals surface area contributed by atoms with E-state index in [1.807, 2.05) is 0 Å². The maximum Gasteiger partial charge on any atom is 0 e. The average Bonchev–Trinajstić information content (AvgIpc) is 2.44. The van der Waals surface area contributed by atoms with E-state index in [0.717, 1.165) is 5.92 Å². The van der Waals surface area contributed by atoms with Crippen molar-refractivity contribution in [3.63, 3.8) is 0 Å². The van der Waals surface area contributed by atoms with Crippen LogP contribution in [-0.4, -0.2) is 0 Å². The minimum Gasteiger partial charge on any atom is -0.165 e. The van der Waals surface area contributed by atoms with Gasteiger partial charge >= 0.3 is 0 Å². The maximum atomic E-state index is 2.30. The second-order valence-corrected chi connectivity index (χ2v) is 4.09. The first-order valence-electron chi connectivity index (χ1n) is 4.90. The normalized spacial score (nSPS) is 10.5. The van der Waals surface area contributed by atoms with Crippen molar-refractivity contribution in [2.45, 2.75) is 20.3 Å². The van der Waals surface area contributed by atoms with E-state index in [-0.39, 0.29) is 26.2 Å². The zero-order chi connectivity index (χ0) is 9.26. The minimum atomic E-state index is 0. The van der Waals surface area contributed by atoms with Crippen LogP contribution in [0.1, 0.15) is 19.4 Å². The zero-order valence-electron chi connectivity index (χ0n) is 8.75. The molecule has 0 amide bonds. The molecule has 0 saturated carbocycles. The number of benzene rings is 1. The molecule has 1 heteroatoms. The van der Waals surface area contributed by atoms with Crippen molar-refractivity contribution in [3.8, 4) is 0 Å². The van der Waals surface area contributed by atoms with E-state index >= 15 is 0 Å². The van der Waals surface area contributed by atoms with Gasteiger partial charge in [-0.3, -0.25) is 0 Å². The van der Waals surface area contributed by atoms with E-state index in [0.29, 0.717) is 0 Å². The molecule has 0 aromatic heterocycles. The Hall–Kier alpha value is -0.287. The van der Waals surface area contributed by atoms with Gasteiger partial charge in [0, 0.05) is 26.2 Å².